The van der Waals surface area contributed by atoms with Crippen molar-refractivity contribution in [2.24, 2.45) is 0 Å². The van der Waals surface area contributed by atoms with Crippen molar-refractivity contribution in [2.45, 2.75) is 13.0 Å². The van der Waals surface area contributed by atoms with Gasteiger partial charge in [0.15, 0.2) is 5.11 Å². The maximum Gasteiger partial charge on any atom is 0.169 e. The molecule has 0 saturated carbocycles. The summed E-state index contributed by atoms with van der Waals surface area (Å²) in [5, 5.41) is 5.20. The van der Waals surface area contributed by atoms with Gasteiger partial charge in [-0.2, -0.15) is 0 Å². The van der Waals surface area contributed by atoms with Gasteiger partial charge in [0.1, 0.15) is 5.01 Å². The molecule has 0 bridgehead atoms. The Kier molecular flexibility index (Phi) is 5.90. The molecular formula is C15H23N4S2+. The van der Waals surface area contributed by atoms with Crippen molar-refractivity contribution in [3.05, 3.63) is 29.3 Å². The molecule has 0 unspecified atom stereocenters. The number of nitrogens with one attached hydrogen (secondary N) is 2. The van der Waals surface area contributed by atoms with Crippen molar-refractivity contribution in [1.82, 2.24) is 15.2 Å². The first-order chi connectivity index (χ1) is 10.1. The number of nitrogens with zero attached hydrogens (tertiary/aromatic N) is 2. The van der Waals surface area contributed by atoms with E-state index in [1.807, 2.05) is 19.2 Å². The first-order valence-corrected chi connectivity index (χ1v) is 8.41. The molecule has 0 spiro atoms. The van der Waals surface area contributed by atoms with Crippen molar-refractivity contribution in [3.8, 4) is 0 Å². The summed E-state index contributed by atoms with van der Waals surface area (Å²) in [5.74, 6) is 0. The van der Waals surface area contributed by atoms with Crippen LogP contribution < -0.4 is 10.2 Å². The molecule has 21 heavy (non-hydrogen) atoms. The topological polar surface area (TPSA) is 32.6 Å². The summed E-state index contributed by atoms with van der Waals surface area (Å²) >= 11 is 7.15. The van der Waals surface area contributed by atoms with E-state index in [-0.39, 0.29) is 0 Å². The number of benzene rings is 1. The van der Waals surface area contributed by atoms with Crippen LogP contribution in [0, 0.1) is 0 Å². The zero-order valence-corrected chi connectivity index (χ0v) is 14.5. The first-order valence-electron chi connectivity index (χ1n) is 7.18. The third-order valence-electron chi connectivity index (χ3n) is 3.19. The third-order valence-corrected chi connectivity index (χ3v) is 4.66. The van der Waals surface area contributed by atoms with Gasteiger partial charge in [-0.05, 0) is 24.4 Å². The summed E-state index contributed by atoms with van der Waals surface area (Å²) in [6, 6.07) is 8.23. The molecule has 0 radical (unpaired) electrons. The molecule has 0 aliphatic rings. The van der Waals surface area contributed by atoms with Crippen molar-refractivity contribution in [1.29, 1.82) is 0 Å². The zero-order chi connectivity index (χ0) is 15.2. The quantitative estimate of drug-likeness (QED) is 0.617. The molecule has 6 heteroatoms. The zero-order valence-electron chi connectivity index (χ0n) is 12.8. The van der Waals surface area contributed by atoms with E-state index in [2.05, 4.69) is 41.4 Å². The van der Waals surface area contributed by atoms with Gasteiger partial charge in [-0.3, -0.25) is 0 Å². The number of hydrogen-bond donors (Lipinski definition) is 2. The minimum atomic E-state index is 0.754. The molecule has 114 valence electrons. The maximum atomic E-state index is 5.42. The highest BCUT2D eigenvalue weighted by Crippen LogP contribution is 2.22. The van der Waals surface area contributed by atoms with Gasteiger partial charge in [-0.15, -0.1) is 11.3 Å². The van der Waals surface area contributed by atoms with E-state index >= 15 is 0 Å². The highest BCUT2D eigenvalue weighted by molar-refractivity contribution is 7.80. The number of para-hydroxylation sites is 1. The Hall–Kier alpha value is -1.24. The average Bonchev–Trinajstić information content (AvgIpc) is 2.85. The number of aromatic nitrogens is 1. The predicted octanol–water partition coefficient (Wildman–Crippen LogP) is 1.14. The van der Waals surface area contributed by atoms with E-state index in [1.54, 1.807) is 11.3 Å². The highest BCUT2D eigenvalue weighted by Gasteiger charge is 2.09. The van der Waals surface area contributed by atoms with E-state index in [9.17, 15) is 0 Å². The predicted molar refractivity (Wildman–Crippen MR) is 94.0 cm³/mol. The number of hydrogen-bond acceptors (Lipinski definition) is 3. The van der Waals surface area contributed by atoms with E-state index in [4.69, 9.17) is 12.2 Å². The Balaban J connectivity index is 1.82. The van der Waals surface area contributed by atoms with Crippen LogP contribution in [0.25, 0.3) is 10.2 Å². The van der Waals surface area contributed by atoms with Crippen LogP contribution in [-0.4, -0.2) is 49.2 Å². The fourth-order valence-electron chi connectivity index (χ4n) is 2.03. The molecule has 1 heterocycles. The summed E-state index contributed by atoms with van der Waals surface area (Å²) in [6.45, 7) is 2.83. The van der Waals surface area contributed by atoms with E-state index < -0.39 is 0 Å². The van der Waals surface area contributed by atoms with Crippen molar-refractivity contribution in [3.63, 3.8) is 0 Å². The maximum absolute atomic E-state index is 5.42. The van der Waals surface area contributed by atoms with Crippen LogP contribution in [0.3, 0.4) is 0 Å². The molecule has 1 aromatic carbocycles. The SMILES string of the molecule is CN(Cc1nc2ccccc2s1)C(=S)NCCC[NH+](C)C. The Morgan fingerprint density at radius 2 is 2.14 bits per heavy atom. The van der Waals surface area contributed by atoms with E-state index in [1.165, 1.54) is 9.60 Å². The van der Waals surface area contributed by atoms with Crippen molar-refractivity contribution >= 4 is 38.9 Å². The largest absolute Gasteiger partial charge is 0.362 e. The van der Waals surface area contributed by atoms with Crippen molar-refractivity contribution < 1.29 is 4.90 Å². The standard InChI is InChI=1S/C15H22N4S2/c1-18(2)10-6-9-16-15(20)19(3)11-14-17-12-7-4-5-8-13(12)21-14/h4-5,7-8H,6,9-11H2,1-3H3,(H,16,20)/p+1. The van der Waals surface area contributed by atoms with Gasteiger partial charge < -0.3 is 15.1 Å². The second-order valence-electron chi connectivity index (χ2n) is 5.47. The normalized spacial score (nSPS) is 11.0. The van der Waals surface area contributed by atoms with Crippen LogP contribution in [0.2, 0.25) is 0 Å². The highest BCUT2D eigenvalue weighted by atomic mass is 32.1. The lowest BCUT2D eigenvalue weighted by Crippen LogP contribution is -3.05. The lowest BCUT2D eigenvalue weighted by atomic mass is 10.3. The monoisotopic (exact) mass is 323 g/mol. The molecule has 4 nitrogen and oxygen atoms in total. The molecule has 2 rings (SSSR count). The number of rotatable bonds is 6. The van der Waals surface area contributed by atoms with Crippen LogP contribution >= 0.6 is 23.6 Å². The molecule has 0 saturated heterocycles. The fraction of sp³-hybridized carbons (Fsp3) is 0.467. The number of thiocarbonyl (C=S) groups is 1. The third kappa shape index (κ3) is 4.91. The number of fused-ring (bicyclic) bond motifs is 1. The summed E-state index contributed by atoms with van der Waals surface area (Å²) in [4.78, 5) is 8.16. The smallest absolute Gasteiger partial charge is 0.169 e. The van der Waals surface area contributed by atoms with E-state index in [0.29, 0.717) is 0 Å². The number of thiazole rings is 1. The van der Waals surface area contributed by atoms with Gasteiger partial charge in [0.25, 0.3) is 0 Å². The second kappa shape index (κ2) is 7.68. The first kappa shape index (κ1) is 16.1. The van der Waals surface area contributed by atoms with Gasteiger partial charge in [0.2, 0.25) is 0 Å². The average molecular weight is 324 g/mol. The van der Waals surface area contributed by atoms with Crippen molar-refractivity contribution in [2.75, 3.05) is 34.2 Å². The van der Waals surface area contributed by atoms with Gasteiger partial charge >= 0.3 is 0 Å². The van der Waals surface area contributed by atoms with Crippen LogP contribution in [0.5, 0.6) is 0 Å². The summed E-state index contributed by atoms with van der Waals surface area (Å²) < 4.78 is 1.23. The summed E-state index contributed by atoms with van der Waals surface area (Å²) in [5.41, 5.74) is 1.07. The molecule has 0 aliphatic heterocycles. The summed E-state index contributed by atoms with van der Waals surface area (Å²) in [6.07, 6.45) is 1.12. The Morgan fingerprint density at radius 1 is 1.38 bits per heavy atom. The molecular weight excluding hydrogens is 300 g/mol. The lowest BCUT2D eigenvalue weighted by molar-refractivity contribution is -0.858. The Morgan fingerprint density at radius 3 is 2.86 bits per heavy atom. The van der Waals surface area contributed by atoms with Gasteiger partial charge in [-0.1, -0.05) is 12.1 Å². The summed E-state index contributed by atoms with van der Waals surface area (Å²) in [7, 11) is 6.34. The van der Waals surface area contributed by atoms with Crippen LogP contribution in [0.4, 0.5) is 0 Å². The minimum absolute atomic E-state index is 0.754. The molecule has 0 amide bonds. The molecule has 1 aromatic heterocycles. The van der Waals surface area contributed by atoms with E-state index in [0.717, 1.165) is 41.7 Å². The van der Waals surface area contributed by atoms with Crippen LogP contribution in [0.15, 0.2) is 24.3 Å². The lowest BCUT2D eigenvalue weighted by Gasteiger charge is -2.20. The minimum Gasteiger partial charge on any atom is -0.362 e. The molecule has 0 fully saturated rings. The fourth-order valence-corrected chi connectivity index (χ4v) is 3.22. The molecule has 2 N–H and O–H groups in total. The molecule has 2 aromatic rings. The Labute approximate surface area is 135 Å². The Bertz CT molecular complexity index is 561. The van der Waals surface area contributed by atoms with Crippen LogP contribution in [0.1, 0.15) is 11.4 Å². The number of quaternary nitrogens is 1. The van der Waals surface area contributed by atoms with Gasteiger partial charge in [-0.25, -0.2) is 4.98 Å². The van der Waals surface area contributed by atoms with Gasteiger partial charge in [0.05, 0.1) is 37.4 Å². The molecule has 0 atom stereocenters. The second-order valence-corrected chi connectivity index (χ2v) is 6.98. The molecule has 0 aliphatic carbocycles. The van der Waals surface area contributed by atoms with Crippen LogP contribution in [-0.2, 0) is 6.54 Å². The van der Waals surface area contributed by atoms with Gasteiger partial charge in [0, 0.05) is 20.0 Å².